The summed E-state index contributed by atoms with van der Waals surface area (Å²) < 4.78 is 0. The van der Waals surface area contributed by atoms with E-state index in [4.69, 9.17) is 0 Å². The molecule has 1 saturated carbocycles. The smallest absolute Gasteiger partial charge is 0.0296 e. The molecule has 1 heteroatoms. The highest BCUT2D eigenvalue weighted by molar-refractivity contribution is 5.28. The van der Waals surface area contributed by atoms with Crippen LogP contribution in [0.2, 0.25) is 0 Å². The first-order valence-corrected chi connectivity index (χ1v) is 7.02. The maximum Gasteiger partial charge on any atom is 0.0296 e. The van der Waals surface area contributed by atoms with E-state index in [0.29, 0.717) is 6.04 Å². The summed E-state index contributed by atoms with van der Waals surface area (Å²) in [4.78, 5) is 0. The molecule has 1 aliphatic rings. The van der Waals surface area contributed by atoms with Gasteiger partial charge in [-0.1, -0.05) is 37.6 Å². The van der Waals surface area contributed by atoms with Crippen molar-refractivity contribution < 1.29 is 0 Å². The minimum Gasteiger partial charge on any atom is -0.307 e. The number of hydrogen-bond donors (Lipinski definition) is 1. The molecular formula is C16H25N. The van der Waals surface area contributed by atoms with Crippen molar-refractivity contribution >= 4 is 0 Å². The van der Waals surface area contributed by atoms with Crippen LogP contribution in [0.4, 0.5) is 0 Å². The van der Waals surface area contributed by atoms with E-state index in [2.05, 4.69) is 50.4 Å². The van der Waals surface area contributed by atoms with Crippen molar-refractivity contribution in [3.63, 3.8) is 0 Å². The number of benzene rings is 1. The molecule has 3 atom stereocenters. The van der Waals surface area contributed by atoms with Crippen LogP contribution in [0.25, 0.3) is 0 Å². The molecule has 0 heterocycles. The van der Waals surface area contributed by atoms with Crippen LogP contribution in [-0.2, 0) is 0 Å². The predicted octanol–water partition coefficient (Wildman–Crippen LogP) is 4.22. The van der Waals surface area contributed by atoms with Gasteiger partial charge in [0.1, 0.15) is 0 Å². The summed E-state index contributed by atoms with van der Waals surface area (Å²) in [6.07, 6.45) is 5.48. The Labute approximate surface area is 106 Å². The van der Waals surface area contributed by atoms with Gasteiger partial charge in [-0.2, -0.15) is 0 Å². The second kappa shape index (κ2) is 5.68. The van der Waals surface area contributed by atoms with Gasteiger partial charge in [-0.3, -0.25) is 0 Å². The van der Waals surface area contributed by atoms with Gasteiger partial charge in [-0.05, 0) is 50.2 Å². The van der Waals surface area contributed by atoms with Gasteiger partial charge in [0.05, 0.1) is 0 Å². The quantitative estimate of drug-likeness (QED) is 0.818. The third kappa shape index (κ3) is 3.10. The second-order valence-electron chi connectivity index (χ2n) is 5.53. The maximum atomic E-state index is 3.80. The van der Waals surface area contributed by atoms with Crippen molar-refractivity contribution in [3.05, 3.63) is 35.4 Å². The average Bonchev–Trinajstić information content (AvgIpc) is 2.77. The molecule has 1 nitrogen and oxygen atoms in total. The lowest BCUT2D eigenvalue weighted by Gasteiger charge is -2.21. The summed E-state index contributed by atoms with van der Waals surface area (Å²) in [5.41, 5.74) is 2.85. The first-order chi connectivity index (χ1) is 8.20. The SMILES string of the molecule is CCC1CCC(N[C@@H](C)c2ccccc2C)C1. The monoisotopic (exact) mass is 231 g/mol. The Hall–Kier alpha value is -0.820. The van der Waals surface area contributed by atoms with E-state index in [-0.39, 0.29) is 0 Å². The van der Waals surface area contributed by atoms with Crippen molar-refractivity contribution in [3.8, 4) is 0 Å². The molecule has 1 aliphatic carbocycles. The van der Waals surface area contributed by atoms with Crippen LogP contribution in [0.1, 0.15) is 56.7 Å². The van der Waals surface area contributed by atoms with Crippen LogP contribution in [0.15, 0.2) is 24.3 Å². The molecule has 2 unspecified atom stereocenters. The van der Waals surface area contributed by atoms with E-state index in [0.717, 1.165) is 12.0 Å². The second-order valence-corrected chi connectivity index (χ2v) is 5.53. The third-order valence-corrected chi connectivity index (χ3v) is 4.26. The Morgan fingerprint density at radius 2 is 2.06 bits per heavy atom. The van der Waals surface area contributed by atoms with E-state index in [1.807, 2.05) is 0 Å². The van der Waals surface area contributed by atoms with E-state index in [1.54, 1.807) is 0 Å². The first-order valence-electron chi connectivity index (χ1n) is 7.02. The Morgan fingerprint density at radius 1 is 1.29 bits per heavy atom. The molecule has 2 rings (SSSR count). The molecule has 1 fully saturated rings. The van der Waals surface area contributed by atoms with E-state index in [1.165, 1.54) is 36.8 Å². The standard InChI is InChI=1S/C16H25N/c1-4-14-9-10-15(11-14)17-13(3)16-8-6-5-7-12(16)2/h5-8,13-15,17H,4,9-11H2,1-3H3/t13-,14?,15?/m0/s1. The van der Waals surface area contributed by atoms with Gasteiger partial charge in [0.2, 0.25) is 0 Å². The van der Waals surface area contributed by atoms with E-state index in [9.17, 15) is 0 Å². The minimum atomic E-state index is 0.483. The zero-order valence-electron chi connectivity index (χ0n) is 11.4. The highest BCUT2D eigenvalue weighted by Crippen LogP contribution is 2.29. The van der Waals surface area contributed by atoms with Gasteiger partial charge < -0.3 is 5.32 Å². The van der Waals surface area contributed by atoms with Gasteiger partial charge in [0.25, 0.3) is 0 Å². The topological polar surface area (TPSA) is 12.0 Å². The Kier molecular flexibility index (Phi) is 4.22. The van der Waals surface area contributed by atoms with E-state index < -0.39 is 0 Å². The molecule has 0 saturated heterocycles. The maximum absolute atomic E-state index is 3.80. The summed E-state index contributed by atoms with van der Waals surface area (Å²) >= 11 is 0. The lowest BCUT2D eigenvalue weighted by Crippen LogP contribution is -2.29. The normalized spacial score (nSPS) is 26.1. The molecule has 1 aromatic carbocycles. The number of nitrogens with one attached hydrogen (secondary N) is 1. The summed E-state index contributed by atoms with van der Waals surface area (Å²) in [6.45, 7) is 6.82. The Balaban J connectivity index is 1.94. The molecule has 1 aromatic rings. The molecule has 0 aromatic heterocycles. The first kappa shape index (κ1) is 12.6. The van der Waals surface area contributed by atoms with Gasteiger partial charge in [0, 0.05) is 12.1 Å². The molecule has 17 heavy (non-hydrogen) atoms. The summed E-state index contributed by atoms with van der Waals surface area (Å²) in [6, 6.07) is 9.93. The number of rotatable bonds is 4. The van der Waals surface area contributed by atoms with Crippen molar-refractivity contribution in [2.75, 3.05) is 0 Å². The highest BCUT2D eigenvalue weighted by Gasteiger charge is 2.24. The fourth-order valence-corrected chi connectivity index (χ4v) is 3.11. The predicted molar refractivity (Wildman–Crippen MR) is 74.1 cm³/mol. The zero-order valence-corrected chi connectivity index (χ0v) is 11.4. The minimum absolute atomic E-state index is 0.483. The summed E-state index contributed by atoms with van der Waals surface area (Å²) in [5, 5.41) is 3.80. The average molecular weight is 231 g/mol. The van der Waals surface area contributed by atoms with Gasteiger partial charge in [0.15, 0.2) is 0 Å². The van der Waals surface area contributed by atoms with E-state index >= 15 is 0 Å². The molecule has 0 amide bonds. The Bertz CT molecular complexity index is 358. The molecule has 94 valence electrons. The summed E-state index contributed by atoms with van der Waals surface area (Å²) in [7, 11) is 0. The fraction of sp³-hybridized carbons (Fsp3) is 0.625. The van der Waals surface area contributed by atoms with Crippen molar-refractivity contribution in [2.24, 2.45) is 5.92 Å². The largest absolute Gasteiger partial charge is 0.307 e. The lowest BCUT2D eigenvalue weighted by molar-refractivity contribution is 0.437. The third-order valence-electron chi connectivity index (χ3n) is 4.26. The molecule has 0 aliphatic heterocycles. The van der Waals surface area contributed by atoms with Crippen LogP contribution in [-0.4, -0.2) is 6.04 Å². The Morgan fingerprint density at radius 3 is 2.71 bits per heavy atom. The van der Waals surface area contributed by atoms with Gasteiger partial charge in [-0.15, -0.1) is 0 Å². The fourth-order valence-electron chi connectivity index (χ4n) is 3.11. The lowest BCUT2D eigenvalue weighted by atomic mass is 10.0. The number of hydrogen-bond acceptors (Lipinski definition) is 1. The molecule has 0 spiro atoms. The van der Waals surface area contributed by atoms with Gasteiger partial charge >= 0.3 is 0 Å². The van der Waals surface area contributed by atoms with Crippen LogP contribution in [0.3, 0.4) is 0 Å². The van der Waals surface area contributed by atoms with Crippen molar-refractivity contribution in [1.82, 2.24) is 5.32 Å². The van der Waals surface area contributed by atoms with Crippen LogP contribution >= 0.6 is 0 Å². The zero-order chi connectivity index (χ0) is 12.3. The molecule has 1 N–H and O–H groups in total. The van der Waals surface area contributed by atoms with Crippen LogP contribution in [0.5, 0.6) is 0 Å². The molecular weight excluding hydrogens is 206 g/mol. The molecule has 0 radical (unpaired) electrons. The summed E-state index contributed by atoms with van der Waals surface area (Å²) in [5.74, 6) is 0.955. The van der Waals surface area contributed by atoms with Crippen molar-refractivity contribution in [2.45, 2.75) is 58.5 Å². The van der Waals surface area contributed by atoms with Crippen LogP contribution < -0.4 is 5.32 Å². The van der Waals surface area contributed by atoms with Crippen LogP contribution in [0, 0.1) is 12.8 Å². The van der Waals surface area contributed by atoms with Crippen molar-refractivity contribution in [1.29, 1.82) is 0 Å². The molecule has 0 bridgehead atoms. The van der Waals surface area contributed by atoms with Gasteiger partial charge in [-0.25, -0.2) is 0 Å². The number of aryl methyl sites for hydroxylation is 1. The highest BCUT2D eigenvalue weighted by atomic mass is 14.9.